The van der Waals surface area contributed by atoms with Crippen molar-refractivity contribution in [3.05, 3.63) is 0 Å². The Morgan fingerprint density at radius 2 is 2.00 bits per heavy atom. The summed E-state index contributed by atoms with van der Waals surface area (Å²) in [6.07, 6.45) is 0.973. The predicted molar refractivity (Wildman–Crippen MR) is 67.3 cm³/mol. The molecule has 1 aliphatic rings. The highest BCUT2D eigenvalue weighted by molar-refractivity contribution is 5.80. The van der Waals surface area contributed by atoms with E-state index in [0.29, 0.717) is 11.9 Å². The zero-order valence-electron chi connectivity index (χ0n) is 11.5. The molecule has 0 radical (unpaired) electrons. The molecule has 3 unspecified atom stereocenters. The number of hydrogen-bond acceptors (Lipinski definition) is 2. The quantitative estimate of drug-likeness (QED) is 0.779. The summed E-state index contributed by atoms with van der Waals surface area (Å²) >= 11 is 0. The Morgan fingerprint density at radius 1 is 1.44 bits per heavy atom. The fraction of sp³-hybridized carbons (Fsp3) is 0.923. The Hall–Kier alpha value is -0.570. The van der Waals surface area contributed by atoms with Crippen LogP contribution >= 0.6 is 0 Å². The van der Waals surface area contributed by atoms with E-state index >= 15 is 0 Å². The van der Waals surface area contributed by atoms with Crippen LogP contribution in [0.2, 0.25) is 0 Å². The molecule has 16 heavy (non-hydrogen) atoms. The second kappa shape index (κ2) is 4.74. The molecule has 1 rings (SSSR count). The van der Waals surface area contributed by atoms with Crippen molar-refractivity contribution in [3.63, 3.8) is 0 Å². The van der Waals surface area contributed by atoms with Crippen LogP contribution in [-0.2, 0) is 4.79 Å². The van der Waals surface area contributed by atoms with E-state index in [1.54, 1.807) is 0 Å². The molecule has 0 aromatic carbocycles. The van der Waals surface area contributed by atoms with Gasteiger partial charge in [-0.2, -0.15) is 0 Å². The number of amides is 1. The lowest BCUT2D eigenvalue weighted by Gasteiger charge is -2.37. The van der Waals surface area contributed by atoms with Gasteiger partial charge in [0.2, 0.25) is 5.91 Å². The summed E-state index contributed by atoms with van der Waals surface area (Å²) in [5.41, 5.74) is 0.139. The van der Waals surface area contributed by atoms with Crippen molar-refractivity contribution in [2.45, 2.75) is 53.1 Å². The molecule has 1 heterocycles. The monoisotopic (exact) mass is 226 g/mol. The molecule has 0 aromatic rings. The highest BCUT2D eigenvalue weighted by Gasteiger charge is 2.35. The van der Waals surface area contributed by atoms with Gasteiger partial charge in [-0.3, -0.25) is 4.79 Å². The second-order valence-corrected chi connectivity index (χ2v) is 6.13. The van der Waals surface area contributed by atoms with Crippen molar-refractivity contribution >= 4 is 5.91 Å². The van der Waals surface area contributed by atoms with E-state index in [2.05, 4.69) is 39.9 Å². The third kappa shape index (κ3) is 2.76. The molecule has 0 aliphatic carbocycles. The molecule has 1 fully saturated rings. The molecule has 1 saturated heterocycles. The van der Waals surface area contributed by atoms with E-state index in [0.717, 1.165) is 13.0 Å². The van der Waals surface area contributed by atoms with E-state index in [1.165, 1.54) is 0 Å². The molecule has 3 heteroatoms. The second-order valence-electron chi connectivity index (χ2n) is 6.13. The van der Waals surface area contributed by atoms with E-state index in [-0.39, 0.29) is 17.4 Å². The average Bonchev–Trinajstić information content (AvgIpc) is 2.59. The van der Waals surface area contributed by atoms with E-state index in [9.17, 15) is 4.79 Å². The van der Waals surface area contributed by atoms with Gasteiger partial charge in [0.1, 0.15) is 0 Å². The van der Waals surface area contributed by atoms with Gasteiger partial charge in [0, 0.05) is 19.1 Å². The van der Waals surface area contributed by atoms with Crippen LogP contribution in [0.5, 0.6) is 0 Å². The summed E-state index contributed by atoms with van der Waals surface area (Å²) in [7, 11) is 1.93. The zero-order chi connectivity index (χ0) is 12.5. The minimum absolute atomic E-state index is 0.139. The minimum Gasteiger partial charge on any atom is -0.342 e. The van der Waals surface area contributed by atoms with Crippen LogP contribution in [0.15, 0.2) is 0 Å². The molecule has 94 valence electrons. The van der Waals surface area contributed by atoms with Crippen molar-refractivity contribution in [3.8, 4) is 0 Å². The Kier molecular flexibility index (Phi) is 4.00. The molecular formula is C13H26N2O. The van der Waals surface area contributed by atoms with Crippen molar-refractivity contribution in [1.29, 1.82) is 0 Å². The van der Waals surface area contributed by atoms with Crippen LogP contribution in [0.3, 0.4) is 0 Å². The maximum absolute atomic E-state index is 12.3. The number of carbonyl (C=O) groups is 1. The molecule has 3 atom stereocenters. The SMILES string of the molecule is CC1NCCC1C(=O)N(C)C(C)C(C)(C)C. The van der Waals surface area contributed by atoms with Gasteiger partial charge >= 0.3 is 0 Å². The van der Waals surface area contributed by atoms with Crippen LogP contribution in [0.25, 0.3) is 0 Å². The van der Waals surface area contributed by atoms with Crippen molar-refractivity contribution in [1.82, 2.24) is 10.2 Å². The molecule has 0 bridgehead atoms. The first-order chi connectivity index (χ1) is 7.25. The number of nitrogens with zero attached hydrogens (tertiary/aromatic N) is 1. The van der Waals surface area contributed by atoms with Gasteiger partial charge in [0.25, 0.3) is 0 Å². The Balaban J connectivity index is 2.67. The summed E-state index contributed by atoms with van der Waals surface area (Å²) in [6.45, 7) is 11.7. The highest BCUT2D eigenvalue weighted by Crippen LogP contribution is 2.26. The first-order valence-electron chi connectivity index (χ1n) is 6.25. The zero-order valence-corrected chi connectivity index (χ0v) is 11.5. The fourth-order valence-corrected chi connectivity index (χ4v) is 2.23. The Morgan fingerprint density at radius 3 is 2.38 bits per heavy atom. The number of nitrogens with one attached hydrogen (secondary N) is 1. The van der Waals surface area contributed by atoms with Gasteiger partial charge in [-0.1, -0.05) is 20.8 Å². The highest BCUT2D eigenvalue weighted by atomic mass is 16.2. The lowest BCUT2D eigenvalue weighted by molar-refractivity contribution is -0.138. The normalized spacial score (nSPS) is 27.9. The Labute approximate surface area is 99.6 Å². The van der Waals surface area contributed by atoms with Crippen molar-refractivity contribution in [2.24, 2.45) is 11.3 Å². The van der Waals surface area contributed by atoms with Gasteiger partial charge in [-0.15, -0.1) is 0 Å². The topological polar surface area (TPSA) is 32.3 Å². The minimum atomic E-state index is 0.139. The van der Waals surface area contributed by atoms with Gasteiger partial charge in [-0.05, 0) is 32.2 Å². The van der Waals surface area contributed by atoms with E-state index < -0.39 is 0 Å². The van der Waals surface area contributed by atoms with Crippen molar-refractivity contribution in [2.75, 3.05) is 13.6 Å². The summed E-state index contributed by atoms with van der Waals surface area (Å²) in [4.78, 5) is 14.3. The number of carbonyl (C=O) groups excluding carboxylic acids is 1. The number of rotatable bonds is 2. The van der Waals surface area contributed by atoms with Crippen LogP contribution in [0.4, 0.5) is 0 Å². The molecule has 0 aromatic heterocycles. The predicted octanol–water partition coefficient (Wildman–Crippen LogP) is 1.88. The molecular weight excluding hydrogens is 200 g/mol. The first kappa shape index (κ1) is 13.5. The smallest absolute Gasteiger partial charge is 0.227 e. The first-order valence-corrected chi connectivity index (χ1v) is 6.25. The van der Waals surface area contributed by atoms with Gasteiger partial charge in [0.15, 0.2) is 0 Å². The van der Waals surface area contributed by atoms with E-state index in [1.807, 2.05) is 11.9 Å². The molecule has 0 spiro atoms. The molecule has 1 aliphatic heterocycles. The van der Waals surface area contributed by atoms with Crippen LogP contribution in [-0.4, -0.2) is 36.5 Å². The summed E-state index contributed by atoms with van der Waals surface area (Å²) in [5, 5.41) is 3.34. The van der Waals surface area contributed by atoms with Gasteiger partial charge in [-0.25, -0.2) is 0 Å². The fourth-order valence-electron chi connectivity index (χ4n) is 2.23. The summed E-state index contributed by atoms with van der Waals surface area (Å²) < 4.78 is 0. The summed E-state index contributed by atoms with van der Waals surface area (Å²) in [5.74, 6) is 0.453. The largest absolute Gasteiger partial charge is 0.342 e. The average molecular weight is 226 g/mol. The molecule has 1 N–H and O–H groups in total. The van der Waals surface area contributed by atoms with Crippen LogP contribution in [0, 0.1) is 11.3 Å². The molecule has 0 saturated carbocycles. The van der Waals surface area contributed by atoms with Crippen LogP contribution < -0.4 is 5.32 Å². The molecule has 1 amide bonds. The van der Waals surface area contributed by atoms with E-state index in [4.69, 9.17) is 0 Å². The number of hydrogen-bond donors (Lipinski definition) is 1. The van der Waals surface area contributed by atoms with Gasteiger partial charge < -0.3 is 10.2 Å². The van der Waals surface area contributed by atoms with Crippen molar-refractivity contribution < 1.29 is 4.79 Å². The summed E-state index contributed by atoms with van der Waals surface area (Å²) in [6, 6.07) is 0.593. The Bertz CT molecular complexity index is 257. The maximum atomic E-state index is 12.3. The lowest BCUT2D eigenvalue weighted by atomic mass is 9.86. The third-order valence-electron chi connectivity index (χ3n) is 4.02. The lowest BCUT2D eigenvalue weighted by Crippen LogP contribution is -2.47. The standard InChI is InChI=1S/C13H26N2O/c1-9-11(7-8-14-9)12(16)15(6)10(2)13(3,4)5/h9-11,14H,7-8H2,1-6H3. The van der Waals surface area contributed by atoms with Gasteiger partial charge in [0.05, 0.1) is 5.92 Å². The molecule has 3 nitrogen and oxygen atoms in total. The van der Waals surface area contributed by atoms with Crippen LogP contribution in [0.1, 0.15) is 41.0 Å². The maximum Gasteiger partial charge on any atom is 0.227 e. The third-order valence-corrected chi connectivity index (χ3v) is 4.02.